The van der Waals surface area contributed by atoms with Gasteiger partial charge in [-0.1, -0.05) is 0 Å². The van der Waals surface area contributed by atoms with Gasteiger partial charge in [0.15, 0.2) is 0 Å². The summed E-state index contributed by atoms with van der Waals surface area (Å²) in [6.45, 7) is 3.05. The fourth-order valence-electron chi connectivity index (χ4n) is 1.76. The van der Waals surface area contributed by atoms with Crippen molar-refractivity contribution < 1.29 is 35.5 Å². The number of carbonyl (C=O) groups is 1. The van der Waals surface area contributed by atoms with E-state index < -0.39 is 30.5 Å². The molecule has 0 bridgehead atoms. The molecule has 12 heteroatoms. The van der Waals surface area contributed by atoms with E-state index in [4.69, 9.17) is 0 Å². The van der Waals surface area contributed by atoms with Crippen molar-refractivity contribution >= 4 is 21.8 Å². The highest BCUT2D eigenvalue weighted by Crippen LogP contribution is 2.46. The van der Waals surface area contributed by atoms with E-state index >= 15 is 0 Å². The molecule has 0 saturated carbocycles. The lowest BCUT2D eigenvalue weighted by Crippen LogP contribution is -2.59. The predicted molar refractivity (Wildman–Crippen MR) is 73.0 cm³/mol. The lowest BCUT2D eigenvalue weighted by molar-refractivity contribution is -0.344. The Hall–Kier alpha value is -1.33. The minimum atomic E-state index is -6.54. The first-order valence-corrected chi connectivity index (χ1v) is 7.33. The molecule has 0 fully saturated rings. The topological polar surface area (TPSA) is 46.9 Å². The van der Waals surface area contributed by atoms with E-state index in [0.29, 0.717) is 11.4 Å². The molecule has 1 amide bonds. The Balaban J connectivity index is 2.61. The standard InChI is InChI=1S/C12H13BrF7N3O/c1-6-8(13)7(2)23(22-6)5-3-4-21-9(24)10(14,15)11(16,17)12(18,19)20/h3-5H2,1-2H3,(H,21,24). The van der Waals surface area contributed by atoms with Crippen LogP contribution in [0.1, 0.15) is 17.8 Å². The van der Waals surface area contributed by atoms with Crippen LogP contribution >= 0.6 is 15.9 Å². The summed E-state index contributed by atoms with van der Waals surface area (Å²) in [7, 11) is 0. The van der Waals surface area contributed by atoms with E-state index in [1.165, 1.54) is 10.00 Å². The largest absolute Gasteiger partial charge is 0.460 e. The van der Waals surface area contributed by atoms with Gasteiger partial charge >= 0.3 is 18.0 Å². The Bertz CT molecular complexity index is 613. The third-order valence-corrected chi connectivity index (χ3v) is 4.31. The van der Waals surface area contributed by atoms with Crippen molar-refractivity contribution in [2.45, 2.75) is 44.8 Å². The van der Waals surface area contributed by atoms with Crippen molar-refractivity contribution in [2.24, 2.45) is 0 Å². The number of halogens is 8. The zero-order valence-electron chi connectivity index (χ0n) is 12.4. The van der Waals surface area contributed by atoms with E-state index in [-0.39, 0.29) is 13.0 Å². The summed E-state index contributed by atoms with van der Waals surface area (Å²) < 4.78 is 89.5. The van der Waals surface area contributed by atoms with Gasteiger partial charge in [-0.05, 0) is 36.2 Å². The molecule has 0 radical (unpaired) electrons. The van der Waals surface area contributed by atoms with Gasteiger partial charge in [-0.3, -0.25) is 9.48 Å². The predicted octanol–water partition coefficient (Wildman–Crippen LogP) is 3.60. The number of hydrogen-bond acceptors (Lipinski definition) is 2. The number of alkyl halides is 7. The SMILES string of the molecule is Cc1nn(CCCNC(=O)C(F)(F)C(F)(F)C(F)(F)F)c(C)c1Br. The number of aromatic nitrogens is 2. The van der Waals surface area contributed by atoms with Crippen molar-refractivity contribution in [3.05, 3.63) is 15.9 Å². The fourth-order valence-corrected chi connectivity index (χ4v) is 2.04. The van der Waals surface area contributed by atoms with Crippen LogP contribution in [0, 0.1) is 13.8 Å². The van der Waals surface area contributed by atoms with Gasteiger partial charge in [0, 0.05) is 18.8 Å². The molecule has 1 aromatic heterocycles. The third kappa shape index (κ3) is 3.83. The summed E-state index contributed by atoms with van der Waals surface area (Å²) in [5.41, 5.74) is 1.38. The normalized spacial score (nSPS) is 13.2. The van der Waals surface area contributed by atoms with Crippen LogP contribution < -0.4 is 5.32 Å². The molecule has 0 aliphatic carbocycles. The zero-order valence-corrected chi connectivity index (χ0v) is 14.0. The molecule has 1 rings (SSSR count). The molecule has 4 nitrogen and oxygen atoms in total. The molecule has 0 saturated heterocycles. The molecule has 138 valence electrons. The van der Waals surface area contributed by atoms with Crippen molar-refractivity contribution in [3.8, 4) is 0 Å². The quantitative estimate of drug-likeness (QED) is 0.556. The maximum atomic E-state index is 13.1. The number of nitrogens with one attached hydrogen (secondary N) is 1. The second-order valence-electron chi connectivity index (χ2n) is 4.96. The van der Waals surface area contributed by atoms with Gasteiger partial charge in [0.1, 0.15) is 0 Å². The Morgan fingerprint density at radius 2 is 1.71 bits per heavy atom. The molecule has 0 aliphatic rings. The number of nitrogens with zero attached hydrogens (tertiary/aromatic N) is 2. The Morgan fingerprint density at radius 1 is 1.17 bits per heavy atom. The Labute approximate surface area is 140 Å². The van der Waals surface area contributed by atoms with Crippen LogP contribution in [-0.2, 0) is 11.3 Å². The van der Waals surface area contributed by atoms with Gasteiger partial charge < -0.3 is 5.32 Å². The molecule has 0 aromatic carbocycles. The molecule has 1 N–H and O–H groups in total. The van der Waals surface area contributed by atoms with Gasteiger partial charge in [-0.15, -0.1) is 0 Å². The summed E-state index contributed by atoms with van der Waals surface area (Å²) in [6.07, 6.45) is -6.53. The molecule has 0 spiro atoms. The molecule has 0 aliphatic heterocycles. The van der Waals surface area contributed by atoms with Gasteiger partial charge in [0.25, 0.3) is 5.91 Å². The summed E-state index contributed by atoms with van der Waals surface area (Å²) in [5.74, 6) is -15.0. The summed E-state index contributed by atoms with van der Waals surface area (Å²) in [5, 5.41) is 5.48. The molecule has 0 atom stereocenters. The van der Waals surface area contributed by atoms with Gasteiger partial charge in [-0.2, -0.15) is 35.8 Å². The lowest BCUT2D eigenvalue weighted by atomic mass is 10.1. The first kappa shape index (κ1) is 20.7. The van der Waals surface area contributed by atoms with E-state index in [0.717, 1.165) is 4.47 Å². The van der Waals surface area contributed by atoms with Crippen molar-refractivity contribution in [1.29, 1.82) is 0 Å². The first-order valence-electron chi connectivity index (χ1n) is 6.53. The minimum Gasteiger partial charge on any atom is -0.351 e. The highest BCUT2D eigenvalue weighted by molar-refractivity contribution is 9.10. The van der Waals surface area contributed by atoms with Crippen LogP contribution in [-0.4, -0.2) is 40.3 Å². The molecule has 0 unspecified atom stereocenters. The Kier molecular flexibility index (Phi) is 5.94. The molecular weight excluding hydrogens is 415 g/mol. The monoisotopic (exact) mass is 427 g/mol. The van der Waals surface area contributed by atoms with E-state index in [2.05, 4.69) is 21.0 Å². The Morgan fingerprint density at radius 3 is 2.12 bits per heavy atom. The van der Waals surface area contributed by atoms with E-state index in [1.807, 2.05) is 0 Å². The van der Waals surface area contributed by atoms with Crippen LogP contribution in [0.4, 0.5) is 30.7 Å². The maximum Gasteiger partial charge on any atom is 0.460 e. The third-order valence-electron chi connectivity index (χ3n) is 3.16. The van der Waals surface area contributed by atoms with E-state index in [1.54, 1.807) is 13.8 Å². The van der Waals surface area contributed by atoms with Crippen LogP contribution in [0.15, 0.2) is 4.47 Å². The maximum absolute atomic E-state index is 13.1. The van der Waals surface area contributed by atoms with Crippen LogP contribution in [0.5, 0.6) is 0 Å². The molecular formula is C12H13BrF7N3O. The van der Waals surface area contributed by atoms with Gasteiger partial charge in [0.2, 0.25) is 0 Å². The summed E-state index contributed by atoms with van der Waals surface area (Å²) >= 11 is 3.26. The summed E-state index contributed by atoms with van der Waals surface area (Å²) in [4.78, 5) is 11.0. The zero-order chi connectivity index (χ0) is 18.9. The van der Waals surface area contributed by atoms with Crippen LogP contribution in [0.3, 0.4) is 0 Å². The molecule has 1 aromatic rings. The van der Waals surface area contributed by atoms with Gasteiger partial charge in [-0.25, -0.2) is 0 Å². The van der Waals surface area contributed by atoms with Crippen LogP contribution in [0.2, 0.25) is 0 Å². The summed E-state index contributed by atoms with van der Waals surface area (Å²) in [6, 6.07) is 0. The minimum absolute atomic E-state index is 0.00775. The number of aryl methyl sites for hydroxylation is 2. The van der Waals surface area contributed by atoms with Crippen molar-refractivity contribution in [1.82, 2.24) is 15.1 Å². The second kappa shape index (κ2) is 6.89. The average molecular weight is 428 g/mol. The van der Waals surface area contributed by atoms with Crippen molar-refractivity contribution in [3.63, 3.8) is 0 Å². The highest BCUT2D eigenvalue weighted by Gasteiger charge is 2.76. The lowest BCUT2D eigenvalue weighted by Gasteiger charge is -2.27. The highest BCUT2D eigenvalue weighted by atomic mass is 79.9. The fraction of sp³-hybridized carbons (Fsp3) is 0.667. The van der Waals surface area contributed by atoms with Crippen LogP contribution in [0.25, 0.3) is 0 Å². The number of hydrogen-bond donors (Lipinski definition) is 1. The smallest absolute Gasteiger partial charge is 0.351 e. The molecule has 24 heavy (non-hydrogen) atoms. The molecule has 1 heterocycles. The number of amides is 1. The second-order valence-corrected chi connectivity index (χ2v) is 5.76. The first-order chi connectivity index (χ1) is 10.7. The number of carbonyl (C=O) groups excluding carboxylic acids is 1. The average Bonchev–Trinajstić information content (AvgIpc) is 2.69. The van der Waals surface area contributed by atoms with E-state index in [9.17, 15) is 35.5 Å². The van der Waals surface area contributed by atoms with Crippen molar-refractivity contribution in [2.75, 3.05) is 6.54 Å². The number of rotatable bonds is 6. The van der Waals surface area contributed by atoms with Gasteiger partial charge in [0.05, 0.1) is 10.2 Å².